The summed E-state index contributed by atoms with van der Waals surface area (Å²) < 4.78 is 34.4. The molecule has 0 aliphatic carbocycles. The van der Waals surface area contributed by atoms with Crippen LogP contribution in [0, 0.1) is 0 Å². The molecule has 2 aliphatic heterocycles. The molecule has 0 bridgehead atoms. The highest BCUT2D eigenvalue weighted by Gasteiger charge is 2.47. The zero-order chi connectivity index (χ0) is 54.4. The lowest BCUT2D eigenvalue weighted by Gasteiger charge is -2.42. The fourth-order valence-electron chi connectivity index (χ4n) is 8.69. The van der Waals surface area contributed by atoms with E-state index in [-0.39, 0.29) is 19.6 Å². The minimum Gasteiger partial charge on any atom is -0.457 e. The normalized spacial score (nSPS) is 25.2. The predicted octanol–water partition coefficient (Wildman–Crippen LogP) is 10.4. The molecule has 11 unspecified atom stereocenters. The number of carbonyl (C=O) groups excluding carboxylic acids is 1. The molecular weight excluding hydrogens is 957 g/mol. The van der Waals surface area contributed by atoms with Gasteiger partial charge in [0.1, 0.15) is 54.9 Å². The highest BCUT2D eigenvalue weighted by Crippen LogP contribution is 2.26. The van der Waals surface area contributed by atoms with Crippen LogP contribution in [-0.4, -0.2) is 142 Å². The number of aliphatic hydroxyl groups excluding tert-OH is 7. The minimum atomic E-state index is -1.72. The first-order valence-electron chi connectivity index (χ1n) is 29.2. The Bertz CT molecular complexity index is 1560. The van der Waals surface area contributed by atoms with Crippen molar-refractivity contribution in [1.29, 1.82) is 0 Å². The van der Waals surface area contributed by atoms with Crippen molar-refractivity contribution in [1.82, 2.24) is 0 Å². The molecule has 432 valence electrons. The largest absolute Gasteiger partial charge is 0.457 e. The van der Waals surface area contributed by atoms with Crippen LogP contribution in [0.1, 0.15) is 194 Å². The van der Waals surface area contributed by atoms with Gasteiger partial charge in [0.05, 0.1) is 26.4 Å². The van der Waals surface area contributed by atoms with Crippen molar-refractivity contribution in [2.24, 2.45) is 0 Å². The van der Waals surface area contributed by atoms with E-state index < -0.39 is 86.7 Å². The van der Waals surface area contributed by atoms with E-state index in [9.17, 15) is 40.5 Å². The predicted molar refractivity (Wildman–Crippen MR) is 298 cm³/mol. The zero-order valence-corrected chi connectivity index (χ0v) is 46.3. The quantitative estimate of drug-likeness (QED) is 0.0172. The molecule has 75 heavy (non-hydrogen) atoms. The average Bonchev–Trinajstić information content (AvgIpc) is 3.41. The summed E-state index contributed by atoms with van der Waals surface area (Å²) in [6.07, 6.45) is 44.9. The van der Waals surface area contributed by atoms with Gasteiger partial charge in [-0.15, -0.1) is 0 Å². The molecule has 0 aromatic heterocycles. The Morgan fingerprint density at radius 3 is 1.36 bits per heavy atom. The molecule has 14 heteroatoms. The molecule has 7 N–H and O–H groups in total. The molecule has 11 atom stereocenters. The van der Waals surface area contributed by atoms with Gasteiger partial charge in [-0.1, -0.05) is 182 Å². The number of hydrogen-bond donors (Lipinski definition) is 7. The topological polar surface area (TPSA) is 214 Å². The van der Waals surface area contributed by atoms with Crippen molar-refractivity contribution in [3.8, 4) is 0 Å². The van der Waals surface area contributed by atoms with E-state index in [4.69, 9.17) is 28.4 Å². The Labute approximate surface area is 452 Å². The van der Waals surface area contributed by atoms with Crippen molar-refractivity contribution in [2.75, 3.05) is 33.0 Å². The monoisotopic (exact) mass is 1060 g/mol. The van der Waals surface area contributed by atoms with E-state index >= 15 is 0 Å². The van der Waals surface area contributed by atoms with Crippen LogP contribution in [0.25, 0.3) is 0 Å². The molecule has 0 aromatic rings. The Morgan fingerprint density at radius 2 is 0.867 bits per heavy atom. The van der Waals surface area contributed by atoms with Gasteiger partial charge in [0.25, 0.3) is 0 Å². The lowest BCUT2D eigenvalue weighted by molar-refractivity contribution is -0.332. The van der Waals surface area contributed by atoms with Crippen molar-refractivity contribution >= 4 is 5.97 Å². The van der Waals surface area contributed by atoms with E-state index in [1.165, 1.54) is 77.0 Å². The lowest BCUT2D eigenvalue weighted by Crippen LogP contribution is -2.61. The summed E-state index contributed by atoms with van der Waals surface area (Å²) in [4.78, 5) is 13.1. The molecule has 0 saturated carbocycles. The number of rotatable bonds is 46. The zero-order valence-electron chi connectivity index (χ0n) is 46.3. The second-order valence-corrected chi connectivity index (χ2v) is 20.1. The molecular formula is C61H104O14. The van der Waals surface area contributed by atoms with Gasteiger partial charge >= 0.3 is 5.97 Å². The van der Waals surface area contributed by atoms with Gasteiger partial charge in [-0.3, -0.25) is 4.79 Å². The van der Waals surface area contributed by atoms with Crippen molar-refractivity contribution in [3.05, 3.63) is 85.1 Å². The number of unbranched alkanes of at least 4 members (excludes halogenated alkanes) is 18. The third-order valence-corrected chi connectivity index (χ3v) is 13.4. The van der Waals surface area contributed by atoms with E-state index in [0.29, 0.717) is 13.0 Å². The number of hydrogen-bond acceptors (Lipinski definition) is 14. The molecule has 0 radical (unpaired) electrons. The molecule has 2 heterocycles. The Hall–Kier alpha value is -2.83. The first kappa shape index (κ1) is 68.3. The highest BCUT2D eigenvalue weighted by molar-refractivity contribution is 5.69. The van der Waals surface area contributed by atoms with Gasteiger partial charge in [0, 0.05) is 13.0 Å². The summed E-state index contributed by atoms with van der Waals surface area (Å²) in [5.74, 6) is -0.391. The van der Waals surface area contributed by atoms with Crippen LogP contribution in [-0.2, 0) is 33.2 Å². The third kappa shape index (κ3) is 33.9. The highest BCUT2D eigenvalue weighted by atomic mass is 16.7. The summed E-state index contributed by atoms with van der Waals surface area (Å²) in [6.45, 7) is 3.51. The number of ether oxygens (including phenoxy) is 6. The minimum absolute atomic E-state index is 0.0468. The smallest absolute Gasteiger partial charge is 0.306 e. The standard InChI is InChI=1S/C61H104O14/c1-3-5-7-9-11-13-15-17-19-21-23-25-26-28-30-32-34-36-38-40-42-44-53(63)73-50(47-70-45-43-41-39-37-35-33-31-29-27-24-22-20-18-16-14-12-10-8-6-4-2)48-71-60-59(69)57(67)55(65)52(75-60)49-72-61-58(68)56(66)54(64)51(46-62)74-61/h5,7,11-14,17-20,23-25,27,50-52,54-62,64-69H,3-4,6,8-10,15-16,21-22,26,28-49H2,1-2H3/b7-5-,13-11-,14-12-,19-17-,20-18-,25-23-,27-24-. The summed E-state index contributed by atoms with van der Waals surface area (Å²) in [6, 6.07) is 0. The van der Waals surface area contributed by atoms with E-state index in [1.807, 2.05) is 0 Å². The van der Waals surface area contributed by atoms with Crippen molar-refractivity contribution in [3.63, 3.8) is 0 Å². The maximum atomic E-state index is 13.1. The van der Waals surface area contributed by atoms with Crippen LogP contribution in [0.2, 0.25) is 0 Å². The van der Waals surface area contributed by atoms with Crippen molar-refractivity contribution < 1.29 is 69.0 Å². The molecule has 2 saturated heterocycles. The Balaban J connectivity index is 1.73. The van der Waals surface area contributed by atoms with Gasteiger partial charge in [-0.2, -0.15) is 0 Å². The average molecular weight is 1060 g/mol. The lowest BCUT2D eigenvalue weighted by atomic mass is 9.98. The number of allylic oxidation sites excluding steroid dienone is 14. The maximum Gasteiger partial charge on any atom is 0.306 e. The fourth-order valence-corrected chi connectivity index (χ4v) is 8.69. The van der Waals surface area contributed by atoms with Crippen LogP contribution in [0.5, 0.6) is 0 Å². The summed E-state index contributed by atoms with van der Waals surface area (Å²) in [7, 11) is 0. The second-order valence-electron chi connectivity index (χ2n) is 20.1. The summed E-state index contributed by atoms with van der Waals surface area (Å²) >= 11 is 0. The SMILES string of the molecule is CC/C=C\C/C=C\C/C=C\C/C=C\CCCCCCCCCCC(=O)OC(COCCCCCCCCC/C=C\C/C=C\C/C=C\CCCCC)COC1OC(COC2OC(CO)C(O)C(O)C2O)C(O)C(O)C1O. The van der Waals surface area contributed by atoms with E-state index in [0.717, 1.165) is 89.9 Å². The molecule has 2 rings (SSSR count). The van der Waals surface area contributed by atoms with Gasteiger partial charge < -0.3 is 64.2 Å². The molecule has 2 fully saturated rings. The second kappa shape index (κ2) is 47.2. The number of esters is 1. The molecule has 0 amide bonds. The molecule has 14 nitrogen and oxygen atoms in total. The van der Waals surface area contributed by atoms with Gasteiger partial charge in [0.15, 0.2) is 12.6 Å². The number of aliphatic hydroxyl groups is 7. The van der Waals surface area contributed by atoms with Crippen LogP contribution in [0.3, 0.4) is 0 Å². The van der Waals surface area contributed by atoms with Crippen LogP contribution >= 0.6 is 0 Å². The van der Waals surface area contributed by atoms with E-state index in [1.54, 1.807) is 0 Å². The van der Waals surface area contributed by atoms with Crippen molar-refractivity contribution in [2.45, 2.75) is 261 Å². The summed E-state index contributed by atoms with van der Waals surface area (Å²) in [5.41, 5.74) is 0. The Morgan fingerprint density at radius 1 is 0.453 bits per heavy atom. The van der Waals surface area contributed by atoms with Gasteiger partial charge in [-0.05, 0) is 89.9 Å². The Kier molecular flexibility index (Phi) is 43.0. The maximum absolute atomic E-state index is 13.1. The van der Waals surface area contributed by atoms with Gasteiger partial charge in [0.2, 0.25) is 0 Å². The fraction of sp³-hybridized carbons (Fsp3) is 0.754. The van der Waals surface area contributed by atoms with Crippen LogP contribution < -0.4 is 0 Å². The molecule has 2 aliphatic rings. The number of carbonyl (C=O) groups is 1. The summed E-state index contributed by atoms with van der Waals surface area (Å²) in [5, 5.41) is 72.4. The molecule has 0 spiro atoms. The van der Waals surface area contributed by atoms with Gasteiger partial charge in [-0.25, -0.2) is 0 Å². The first-order valence-corrected chi connectivity index (χ1v) is 29.2. The van der Waals surface area contributed by atoms with E-state index in [2.05, 4.69) is 98.9 Å². The first-order chi connectivity index (χ1) is 36.6. The molecule has 0 aromatic carbocycles. The van der Waals surface area contributed by atoms with Crippen LogP contribution in [0.4, 0.5) is 0 Å². The van der Waals surface area contributed by atoms with Crippen LogP contribution in [0.15, 0.2) is 85.1 Å². The third-order valence-electron chi connectivity index (χ3n) is 13.4.